The number of halogens is 4. The molecule has 1 atom stereocenters. The molecule has 1 aliphatic carbocycles. The first-order valence-corrected chi connectivity index (χ1v) is 15.3. The van der Waals surface area contributed by atoms with Gasteiger partial charge in [-0.05, 0) is 76.4 Å². The fourth-order valence-corrected chi connectivity index (χ4v) is 6.35. The molecule has 2 fully saturated rings. The molecule has 1 saturated heterocycles. The monoisotopic (exact) mass is 647 g/mol. The molecule has 2 aliphatic rings. The van der Waals surface area contributed by atoms with Gasteiger partial charge in [0.15, 0.2) is 11.5 Å². The lowest BCUT2D eigenvalue weighted by Crippen LogP contribution is -2.56. The van der Waals surface area contributed by atoms with Gasteiger partial charge in [-0.3, -0.25) is 9.69 Å². The summed E-state index contributed by atoms with van der Waals surface area (Å²) in [7, 11) is 1.29. The lowest BCUT2D eigenvalue weighted by Gasteiger charge is -2.38. The molecule has 1 N–H and O–H groups in total. The summed E-state index contributed by atoms with van der Waals surface area (Å²) in [4.78, 5) is 30.5. The van der Waals surface area contributed by atoms with Crippen LogP contribution in [0.2, 0.25) is 0 Å². The molecular formula is C34H41F4N3O5. The van der Waals surface area contributed by atoms with Crippen LogP contribution in [0, 0.1) is 11.6 Å². The average molecular weight is 648 g/mol. The van der Waals surface area contributed by atoms with Gasteiger partial charge >= 0.3 is 12.7 Å². The van der Waals surface area contributed by atoms with E-state index >= 15 is 0 Å². The van der Waals surface area contributed by atoms with E-state index in [1.807, 2.05) is 0 Å². The van der Waals surface area contributed by atoms with Gasteiger partial charge in [-0.2, -0.15) is 8.78 Å². The molecule has 1 unspecified atom stereocenters. The Balaban J connectivity index is 1.60. The number of ether oxygens (including phenoxy) is 3. The summed E-state index contributed by atoms with van der Waals surface area (Å²) in [6.45, 7) is 5.71. The predicted molar refractivity (Wildman–Crippen MR) is 166 cm³/mol. The highest BCUT2D eigenvalue weighted by Crippen LogP contribution is 2.34. The van der Waals surface area contributed by atoms with Crippen LogP contribution in [0.4, 0.5) is 22.4 Å². The van der Waals surface area contributed by atoms with E-state index in [1.165, 1.54) is 31.4 Å². The molecular weight excluding hydrogens is 606 g/mol. The molecule has 0 radical (unpaired) electrons. The van der Waals surface area contributed by atoms with E-state index in [0.29, 0.717) is 24.4 Å². The third kappa shape index (κ3) is 9.24. The number of amides is 2. The number of nitrogens with zero attached hydrogens (tertiary/aromatic N) is 2. The van der Waals surface area contributed by atoms with Gasteiger partial charge in [0.05, 0.1) is 18.4 Å². The van der Waals surface area contributed by atoms with Crippen LogP contribution < -0.4 is 14.8 Å². The lowest BCUT2D eigenvalue weighted by atomic mass is 9.96. The highest BCUT2D eigenvalue weighted by atomic mass is 19.3. The highest BCUT2D eigenvalue weighted by Gasteiger charge is 2.41. The normalized spacial score (nSPS) is 18.0. The number of allylic oxidation sites excluding steroid dienone is 1. The van der Waals surface area contributed by atoms with E-state index in [2.05, 4.69) is 21.5 Å². The van der Waals surface area contributed by atoms with Crippen LogP contribution in [-0.2, 0) is 4.74 Å². The quantitative estimate of drug-likeness (QED) is 0.184. The second-order valence-corrected chi connectivity index (χ2v) is 12.1. The number of carbonyl (C=O) groups excluding carboxylic acids is 2. The smallest absolute Gasteiger partial charge is 0.412 e. The van der Waals surface area contributed by atoms with Crippen molar-refractivity contribution in [3.05, 3.63) is 77.1 Å². The fraction of sp³-hybridized carbons (Fsp3) is 0.471. The summed E-state index contributed by atoms with van der Waals surface area (Å²) in [5.74, 6) is -1.73. The number of alkyl halides is 2. The van der Waals surface area contributed by atoms with Crippen LogP contribution in [0.15, 0.2) is 54.3 Å². The van der Waals surface area contributed by atoms with E-state index in [9.17, 15) is 27.2 Å². The number of alkyl carbamates (subject to hydrolysis) is 1. The van der Waals surface area contributed by atoms with Gasteiger partial charge in [-0.25, -0.2) is 13.6 Å². The summed E-state index contributed by atoms with van der Waals surface area (Å²) in [6, 6.07) is 7.24. The standard InChI is InChI=1S/C34H41F4N3O5/c1-22(2)45-33(43)39-34(13-5-6-14-34)21-40-15-7-8-27(40)20-41(19-23(3)16-24-9-11-26(35)18-28(24)36)31(42)25-10-12-29(46-32(37)38)30(17-25)44-4/h9-12,16-18,27,32H,1,5-8,13-15,19-21H2,2-4H3,(H,39,43)/b23-16+. The van der Waals surface area contributed by atoms with E-state index in [1.54, 1.807) is 24.8 Å². The Labute approximate surface area is 267 Å². The van der Waals surface area contributed by atoms with Gasteiger partial charge < -0.3 is 24.4 Å². The maximum absolute atomic E-state index is 14.5. The molecule has 4 rings (SSSR count). The van der Waals surface area contributed by atoms with Gasteiger partial charge in [0, 0.05) is 42.9 Å². The number of nitrogens with one attached hydrogen (secondary N) is 1. The number of rotatable bonds is 13. The van der Waals surface area contributed by atoms with Crippen molar-refractivity contribution in [2.45, 2.75) is 70.6 Å². The molecule has 2 amide bonds. The van der Waals surface area contributed by atoms with Crippen molar-refractivity contribution in [3.8, 4) is 11.5 Å². The van der Waals surface area contributed by atoms with Gasteiger partial charge in [0.25, 0.3) is 5.91 Å². The van der Waals surface area contributed by atoms with Crippen LogP contribution in [-0.4, -0.2) is 73.3 Å². The summed E-state index contributed by atoms with van der Waals surface area (Å²) in [6.07, 6.45) is 6.24. The molecule has 8 nitrogen and oxygen atoms in total. The van der Waals surface area contributed by atoms with Gasteiger partial charge in [0.2, 0.25) is 0 Å². The molecule has 0 spiro atoms. The van der Waals surface area contributed by atoms with Crippen molar-refractivity contribution >= 4 is 18.1 Å². The highest BCUT2D eigenvalue weighted by molar-refractivity contribution is 5.95. The van der Waals surface area contributed by atoms with Crippen LogP contribution in [0.5, 0.6) is 11.5 Å². The summed E-state index contributed by atoms with van der Waals surface area (Å²) < 4.78 is 68.7. The van der Waals surface area contributed by atoms with Crippen molar-refractivity contribution < 1.29 is 41.4 Å². The summed E-state index contributed by atoms with van der Waals surface area (Å²) in [5.41, 5.74) is 0.540. The Kier molecular flexibility index (Phi) is 11.7. The molecule has 12 heteroatoms. The molecule has 250 valence electrons. The van der Waals surface area contributed by atoms with E-state index in [4.69, 9.17) is 9.47 Å². The molecule has 46 heavy (non-hydrogen) atoms. The van der Waals surface area contributed by atoms with Crippen molar-refractivity contribution in [1.29, 1.82) is 0 Å². The zero-order chi connectivity index (χ0) is 33.4. The van der Waals surface area contributed by atoms with Crippen molar-refractivity contribution in [2.75, 3.05) is 33.3 Å². The minimum atomic E-state index is -3.07. The third-order valence-corrected chi connectivity index (χ3v) is 8.35. The third-order valence-electron chi connectivity index (χ3n) is 8.35. The minimum absolute atomic E-state index is 0.0230. The lowest BCUT2D eigenvalue weighted by molar-refractivity contribution is -0.0512. The molecule has 0 bridgehead atoms. The Morgan fingerprint density at radius 1 is 1.11 bits per heavy atom. The van der Waals surface area contributed by atoms with Crippen LogP contribution in [0.25, 0.3) is 6.08 Å². The zero-order valence-electron chi connectivity index (χ0n) is 26.4. The Morgan fingerprint density at radius 2 is 1.85 bits per heavy atom. The topological polar surface area (TPSA) is 80.3 Å². The van der Waals surface area contributed by atoms with E-state index in [-0.39, 0.29) is 41.1 Å². The van der Waals surface area contributed by atoms with Crippen molar-refractivity contribution in [3.63, 3.8) is 0 Å². The Hall–Kier alpha value is -4.06. The Bertz CT molecular complexity index is 1440. The van der Waals surface area contributed by atoms with Gasteiger partial charge in [-0.1, -0.05) is 31.1 Å². The average Bonchev–Trinajstić information content (AvgIpc) is 3.62. The maximum atomic E-state index is 14.5. The predicted octanol–water partition coefficient (Wildman–Crippen LogP) is 7.16. The molecule has 1 heterocycles. The second-order valence-electron chi connectivity index (χ2n) is 12.1. The van der Waals surface area contributed by atoms with Gasteiger partial charge in [-0.15, -0.1) is 0 Å². The second kappa shape index (κ2) is 15.5. The molecule has 1 saturated carbocycles. The van der Waals surface area contributed by atoms with Crippen LogP contribution in [0.1, 0.15) is 68.3 Å². The molecule has 2 aromatic rings. The number of carbonyl (C=O) groups is 2. The largest absolute Gasteiger partial charge is 0.493 e. The first-order valence-electron chi connectivity index (χ1n) is 15.3. The van der Waals surface area contributed by atoms with Crippen molar-refractivity contribution in [2.24, 2.45) is 0 Å². The summed E-state index contributed by atoms with van der Waals surface area (Å²) >= 11 is 0. The SMILES string of the molecule is C=C(C)OC(=O)NC1(CN2CCCC2CN(C/C(C)=C/c2ccc(F)cc2F)C(=O)c2ccc(OC(F)F)c(OC)c2)CCCC1. The zero-order valence-corrected chi connectivity index (χ0v) is 26.4. The number of hydrogen-bond donors (Lipinski definition) is 1. The number of methoxy groups -OCH3 is 1. The molecule has 2 aromatic carbocycles. The summed E-state index contributed by atoms with van der Waals surface area (Å²) in [5, 5.41) is 3.08. The van der Waals surface area contributed by atoms with E-state index in [0.717, 1.165) is 57.2 Å². The maximum Gasteiger partial charge on any atom is 0.412 e. The van der Waals surface area contributed by atoms with Crippen molar-refractivity contribution in [1.82, 2.24) is 15.1 Å². The molecule has 0 aromatic heterocycles. The first-order chi connectivity index (χ1) is 21.9. The number of benzene rings is 2. The van der Waals surface area contributed by atoms with Gasteiger partial charge in [0.1, 0.15) is 11.6 Å². The van der Waals surface area contributed by atoms with Crippen LogP contribution >= 0.6 is 0 Å². The number of likely N-dealkylation sites (tertiary alicyclic amines) is 1. The Morgan fingerprint density at radius 3 is 2.50 bits per heavy atom. The number of hydrogen-bond acceptors (Lipinski definition) is 6. The molecule has 1 aliphatic heterocycles. The first kappa shape index (κ1) is 34.8. The fourth-order valence-electron chi connectivity index (χ4n) is 6.35. The van der Waals surface area contributed by atoms with Crippen LogP contribution in [0.3, 0.4) is 0 Å². The van der Waals surface area contributed by atoms with E-state index < -0.39 is 29.9 Å². The minimum Gasteiger partial charge on any atom is -0.493 e.